The van der Waals surface area contributed by atoms with Crippen LogP contribution < -0.4 is 0 Å². The zero-order chi connectivity index (χ0) is 23.9. The molecular weight excluding hydrogens is 628 g/mol. The summed E-state index contributed by atoms with van der Waals surface area (Å²) in [4.78, 5) is 12.3. The number of rotatable bonds is 3. The van der Waals surface area contributed by atoms with Crippen LogP contribution in [0.25, 0.3) is 33.6 Å². The predicted octanol–water partition coefficient (Wildman–Crippen LogP) is 6.88. The molecule has 7 heteroatoms. The number of hydrogen-bond donors (Lipinski definition) is 0. The number of halogens is 3. The van der Waals surface area contributed by atoms with E-state index in [0.29, 0.717) is 6.07 Å². The van der Waals surface area contributed by atoms with E-state index in [9.17, 15) is 13.2 Å². The number of benzene rings is 2. The van der Waals surface area contributed by atoms with Crippen molar-refractivity contribution >= 4 is 0 Å². The number of aryl methyl sites for hydroxylation is 1. The Morgan fingerprint density at radius 1 is 0.771 bits per heavy atom. The van der Waals surface area contributed by atoms with E-state index in [0.717, 1.165) is 27.9 Å². The molecule has 0 atom stereocenters. The standard InChI is InChI=1S/C17H10F3N2.C11H8N.Ir/c1-10-6-17(12-7-15(19)16(20)8-14(12)18)22-9-13(10)11-2-4-21-5-3-11;1-2-6-10(7-3-1)11-8-4-5-9-12-11;/h2-6,8-9H,1H3;1-6,8-9H;/q2*-1;. The van der Waals surface area contributed by atoms with E-state index in [-0.39, 0.29) is 31.4 Å². The summed E-state index contributed by atoms with van der Waals surface area (Å²) in [5.41, 5.74) is 4.62. The predicted molar refractivity (Wildman–Crippen MR) is 125 cm³/mol. The van der Waals surface area contributed by atoms with Crippen molar-refractivity contribution in [2.75, 3.05) is 0 Å². The van der Waals surface area contributed by atoms with Gasteiger partial charge in [0, 0.05) is 56.3 Å². The smallest absolute Gasteiger partial charge is 0.0756 e. The zero-order valence-corrected chi connectivity index (χ0v) is 20.9. The van der Waals surface area contributed by atoms with Gasteiger partial charge in [-0.3, -0.25) is 13.8 Å². The fourth-order valence-electron chi connectivity index (χ4n) is 3.26. The fourth-order valence-corrected chi connectivity index (χ4v) is 3.26. The van der Waals surface area contributed by atoms with Crippen molar-refractivity contribution in [2.45, 2.75) is 6.92 Å². The molecular formula is C28H18F3IrN3-2. The molecule has 0 saturated heterocycles. The first-order chi connectivity index (χ1) is 16.5. The molecule has 0 fully saturated rings. The van der Waals surface area contributed by atoms with Crippen molar-refractivity contribution < 1.29 is 33.3 Å². The third-order valence-corrected chi connectivity index (χ3v) is 4.94. The average molecular weight is 646 g/mol. The molecule has 3 nitrogen and oxygen atoms in total. The van der Waals surface area contributed by atoms with Gasteiger partial charge < -0.3 is 9.97 Å². The maximum Gasteiger partial charge on any atom is 0.0756 e. The number of hydrogen-bond acceptors (Lipinski definition) is 3. The van der Waals surface area contributed by atoms with Gasteiger partial charge in [-0.15, -0.1) is 35.9 Å². The van der Waals surface area contributed by atoms with Gasteiger partial charge in [-0.1, -0.05) is 35.9 Å². The van der Waals surface area contributed by atoms with Crippen LogP contribution in [0.2, 0.25) is 0 Å². The van der Waals surface area contributed by atoms with E-state index in [4.69, 9.17) is 0 Å². The molecule has 0 N–H and O–H groups in total. The second-order valence-corrected chi connectivity index (χ2v) is 7.27. The Morgan fingerprint density at radius 2 is 1.54 bits per heavy atom. The molecule has 3 aromatic heterocycles. The Bertz CT molecular complexity index is 1350. The summed E-state index contributed by atoms with van der Waals surface area (Å²) < 4.78 is 40.0. The normalized spacial score (nSPS) is 10.1. The summed E-state index contributed by atoms with van der Waals surface area (Å²) in [6.45, 7) is 1.83. The van der Waals surface area contributed by atoms with Crippen LogP contribution in [0.15, 0.2) is 91.5 Å². The van der Waals surface area contributed by atoms with Crippen LogP contribution >= 0.6 is 0 Å². The van der Waals surface area contributed by atoms with Crippen LogP contribution in [-0.2, 0) is 20.1 Å². The van der Waals surface area contributed by atoms with Crippen LogP contribution in [-0.4, -0.2) is 15.0 Å². The van der Waals surface area contributed by atoms with Crippen LogP contribution in [0, 0.1) is 36.5 Å². The molecule has 0 saturated carbocycles. The Hall–Kier alpha value is -3.67. The van der Waals surface area contributed by atoms with Crippen LogP contribution in [0.1, 0.15) is 5.56 Å². The third kappa shape index (κ3) is 6.47. The van der Waals surface area contributed by atoms with Crippen molar-refractivity contribution in [3.8, 4) is 33.6 Å². The molecule has 1 radical (unpaired) electrons. The topological polar surface area (TPSA) is 38.7 Å². The van der Waals surface area contributed by atoms with Crippen LogP contribution in [0.5, 0.6) is 0 Å². The van der Waals surface area contributed by atoms with Crippen molar-refractivity contribution in [1.82, 2.24) is 15.0 Å². The van der Waals surface area contributed by atoms with Crippen molar-refractivity contribution in [1.29, 1.82) is 0 Å². The second kappa shape index (κ2) is 12.2. The van der Waals surface area contributed by atoms with Gasteiger partial charge in [0.05, 0.1) is 11.6 Å². The van der Waals surface area contributed by atoms with Gasteiger partial charge in [0.1, 0.15) is 0 Å². The quantitative estimate of drug-likeness (QED) is 0.159. The fraction of sp³-hybridized carbons (Fsp3) is 0.0357. The summed E-state index contributed by atoms with van der Waals surface area (Å²) >= 11 is 0. The molecule has 2 aromatic carbocycles. The number of nitrogens with zero attached hydrogens (tertiary/aromatic N) is 3. The average Bonchev–Trinajstić information content (AvgIpc) is 2.88. The minimum Gasteiger partial charge on any atom is -0.305 e. The second-order valence-electron chi connectivity index (χ2n) is 7.27. The summed E-state index contributed by atoms with van der Waals surface area (Å²) in [5, 5.41) is 0. The largest absolute Gasteiger partial charge is 0.305 e. The maximum absolute atomic E-state index is 13.8. The molecule has 0 amide bonds. The molecule has 0 bridgehead atoms. The summed E-state index contributed by atoms with van der Waals surface area (Å²) in [6, 6.07) is 24.6. The molecule has 0 aliphatic heterocycles. The molecule has 0 aliphatic rings. The van der Waals surface area contributed by atoms with Gasteiger partial charge >= 0.3 is 0 Å². The van der Waals surface area contributed by atoms with Gasteiger partial charge in [-0.25, -0.2) is 4.39 Å². The molecule has 0 aliphatic carbocycles. The van der Waals surface area contributed by atoms with E-state index in [1.165, 1.54) is 0 Å². The minimum absolute atomic E-state index is 0. The van der Waals surface area contributed by atoms with E-state index in [2.05, 4.69) is 27.1 Å². The van der Waals surface area contributed by atoms with Gasteiger partial charge in [-0.2, -0.15) is 0 Å². The first-order valence-electron chi connectivity index (χ1n) is 10.4. The van der Waals surface area contributed by atoms with E-state index in [1.807, 2.05) is 61.5 Å². The molecule has 177 valence electrons. The van der Waals surface area contributed by atoms with Gasteiger partial charge in [0.25, 0.3) is 0 Å². The summed E-state index contributed by atoms with van der Waals surface area (Å²) in [5.74, 6) is -3.40. The van der Waals surface area contributed by atoms with Crippen molar-refractivity contribution in [3.05, 3.63) is 127 Å². The number of pyridine rings is 3. The Kier molecular flexibility index (Phi) is 9.01. The first kappa shape index (κ1) is 25.9. The van der Waals surface area contributed by atoms with Crippen molar-refractivity contribution in [2.24, 2.45) is 0 Å². The van der Waals surface area contributed by atoms with Crippen LogP contribution in [0.3, 0.4) is 0 Å². The number of aromatic nitrogens is 3. The van der Waals surface area contributed by atoms with Gasteiger partial charge in [-0.05, 0) is 47.6 Å². The van der Waals surface area contributed by atoms with Gasteiger partial charge in [0.15, 0.2) is 0 Å². The minimum atomic E-state index is -1.27. The zero-order valence-electron chi connectivity index (χ0n) is 18.5. The molecule has 5 aromatic rings. The Labute approximate surface area is 215 Å². The molecule has 5 rings (SSSR count). The molecule has 0 spiro atoms. The summed E-state index contributed by atoms with van der Waals surface area (Å²) in [6.07, 6.45) is 6.67. The monoisotopic (exact) mass is 646 g/mol. The van der Waals surface area contributed by atoms with E-state index < -0.39 is 17.5 Å². The Balaban J connectivity index is 0.000000223. The van der Waals surface area contributed by atoms with E-state index in [1.54, 1.807) is 30.9 Å². The Morgan fingerprint density at radius 3 is 2.20 bits per heavy atom. The molecule has 0 unspecified atom stereocenters. The van der Waals surface area contributed by atoms with Gasteiger partial charge in [0.2, 0.25) is 0 Å². The SMILES string of the molecule is Cc1cc(-c2[c-]c(F)c(F)cc2F)ncc1-c1ccncc1.[Ir].[c-]1ccccc1-c1ccccn1. The van der Waals surface area contributed by atoms with Crippen molar-refractivity contribution in [3.63, 3.8) is 0 Å². The molecule has 35 heavy (non-hydrogen) atoms. The first-order valence-corrected chi connectivity index (χ1v) is 10.4. The maximum atomic E-state index is 13.8. The summed E-state index contributed by atoms with van der Waals surface area (Å²) in [7, 11) is 0. The van der Waals surface area contributed by atoms with E-state index >= 15 is 0 Å². The molecule has 3 heterocycles. The van der Waals surface area contributed by atoms with Crippen LogP contribution in [0.4, 0.5) is 13.2 Å². The third-order valence-electron chi connectivity index (χ3n) is 4.94.